The molecule has 0 unspecified atom stereocenters. The zero-order valence-corrected chi connectivity index (χ0v) is 16.8. The van der Waals surface area contributed by atoms with Crippen LogP contribution in [0.5, 0.6) is 5.75 Å². The van der Waals surface area contributed by atoms with Crippen molar-refractivity contribution in [2.75, 3.05) is 18.5 Å². The van der Waals surface area contributed by atoms with E-state index in [1.54, 1.807) is 16.8 Å². The Bertz CT molecular complexity index is 1140. The summed E-state index contributed by atoms with van der Waals surface area (Å²) in [5.41, 5.74) is 8.93. The van der Waals surface area contributed by atoms with E-state index < -0.39 is 0 Å². The van der Waals surface area contributed by atoms with Crippen molar-refractivity contribution in [2.45, 2.75) is 19.4 Å². The highest BCUT2D eigenvalue weighted by molar-refractivity contribution is 5.65. The molecule has 4 aromatic rings. The number of anilines is 1. The zero-order chi connectivity index (χ0) is 20.9. The van der Waals surface area contributed by atoms with E-state index in [1.807, 2.05) is 49.4 Å². The van der Waals surface area contributed by atoms with Crippen LogP contribution in [0.1, 0.15) is 24.9 Å². The van der Waals surface area contributed by atoms with Crippen molar-refractivity contribution in [3.05, 3.63) is 78.2 Å². The number of hydrogen-bond acceptors (Lipinski definition) is 5. The smallest absolute Gasteiger partial charge is 0.154 e. The van der Waals surface area contributed by atoms with Gasteiger partial charge in [0.05, 0.1) is 24.5 Å². The van der Waals surface area contributed by atoms with Crippen LogP contribution in [0.3, 0.4) is 0 Å². The third-order valence-corrected chi connectivity index (χ3v) is 4.82. The number of fused-ring (bicyclic) bond motifs is 1. The topological polar surface area (TPSA) is 77.5 Å². The maximum absolute atomic E-state index is 13.5. The van der Waals surface area contributed by atoms with Gasteiger partial charge in [-0.05, 0) is 61.9 Å². The standard InChI is InChI=1S/C23H24FN5O/c1-16(17-5-2-7-19(24)13-17)27-22-9-10-23-26-15-21(29(23)28-22)18-6-3-8-20(14-18)30-12-4-11-25/h2-3,5-10,13-16H,4,11-12,25H2,1H3,(H,27,28)/t16-/m1/s1. The van der Waals surface area contributed by atoms with Gasteiger partial charge in [0, 0.05) is 5.56 Å². The molecule has 0 spiro atoms. The third kappa shape index (κ3) is 4.41. The minimum absolute atomic E-state index is 0.100. The van der Waals surface area contributed by atoms with Crippen molar-refractivity contribution >= 4 is 11.5 Å². The highest BCUT2D eigenvalue weighted by atomic mass is 19.1. The number of aromatic nitrogens is 3. The minimum atomic E-state index is -0.255. The molecule has 6 nitrogen and oxygen atoms in total. The molecule has 0 fully saturated rings. The first-order chi connectivity index (χ1) is 14.6. The van der Waals surface area contributed by atoms with E-state index in [0.717, 1.165) is 34.6 Å². The van der Waals surface area contributed by atoms with Crippen molar-refractivity contribution in [3.63, 3.8) is 0 Å². The molecule has 2 heterocycles. The highest BCUT2D eigenvalue weighted by Gasteiger charge is 2.11. The van der Waals surface area contributed by atoms with E-state index >= 15 is 0 Å². The molecule has 0 aliphatic rings. The fraction of sp³-hybridized carbons (Fsp3) is 0.217. The maximum atomic E-state index is 13.5. The number of halogens is 1. The lowest BCUT2D eigenvalue weighted by Gasteiger charge is -2.15. The molecule has 154 valence electrons. The maximum Gasteiger partial charge on any atom is 0.154 e. The van der Waals surface area contributed by atoms with Crippen molar-refractivity contribution < 1.29 is 9.13 Å². The number of rotatable bonds is 8. The lowest BCUT2D eigenvalue weighted by molar-refractivity contribution is 0.313. The molecule has 7 heteroatoms. The second-order valence-electron chi connectivity index (χ2n) is 7.07. The van der Waals surface area contributed by atoms with Gasteiger partial charge in [-0.2, -0.15) is 0 Å². The Morgan fingerprint density at radius 1 is 1.13 bits per heavy atom. The first-order valence-electron chi connectivity index (χ1n) is 9.94. The predicted octanol–water partition coefficient (Wildman–Crippen LogP) is 4.44. The molecule has 3 N–H and O–H groups in total. The number of benzene rings is 2. The highest BCUT2D eigenvalue weighted by Crippen LogP contribution is 2.26. The fourth-order valence-corrected chi connectivity index (χ4v) is 3.25. The molecule has 0 aliphatic heterocycles. The molecule has 0 saturated carbocycles. The number of ether oxygens (including phenoxy) is 1. The van der Waals surface area contributed by atoms with Crippen LogP contribution in [0.25, 0.3) is 16.9 Å². The summed E-state index contributed by atoms with van der Waals surface area (Å²) in [5, 5.41) is 8.03. The second kappa shape index (κ2) is 8.92. The summed E-state index contributed by atoms with van der Waals surface area (Å²) in [6.07, 6.45) is 2.60. The van der Waals surface area contributed by atoms with E-state index in [2.05, 4.69) is 10.3 Å². The Kier molecular flexibility index (Phi) is 5.90. The van der Waals surface area contributed by atoms with Gasteiger partial charge in [-0.1, -0.05) is 24.3 Å². The summed E-state index contributed by atoms with van der Waals surface area (Å²) >= 11 is 0. The molecule has 4 rings (SSSR count). The van der Waals surface area contributed by atoms with Gasteiger partial charge in [0.15, 0.2) is 5.65 Å². The summed E-state index contributed by atoms with van der Waals surface area (Å²) in [7, 11) is 0. The van der Waals surface area contributed by atoms with Gasteiger partial charge in [-0.25, -0.2) is 13.9 Å². The van der Waals surface area contributed by atoms with Crippen LogP contribution in [-0.4, -0.2) is 27.7 Å². The Labute approximate surface area is 174 Å². The summed E-state index contributed by atoms with van der Waals surface area (Å²) in [6, 6.07) is 18.1. The van der Waals surface area contributed by atoms with E-state index in [0.29, 0.717) is 19.0 Å². The Morgan fingerprint density at radius 2 is 2.00 bits per heavy atom. The zero-order valence-electron chi connectivity index (χ0n) is 16.8. The van der Waals surface area contributed by atoms with Gasteiger partial charge in [-0.3, -0.25) is 0 Å². The van der Waals surface area contributed by atoms with Crippen molar-refractivity contribution in [1.82, 2.24) is 14.6 Å². The lowest BCUT2D eigenvalue weighted by Crippen LogP contribution is -2.10. The lowest BCUT2D eigenvalue weighted by atomic mass is 10.1. The second-order valence-corrected chi connectivity index (χ2v) is 7.07. The minimum Gasteiger partial charge on any atom is -0.494 e. The van der Waals surface area contributed by atoms with Crippen LogP contribution < -0.4 is 15.8 Å². The summed E-state index contributed by atoms with van der Waals surface area (Å²) in [5.74, 6) is 1.20. The van der Waals surface area contributed by atoms with Gasteiger partial charge in [-0.15, -0.1) is 5.10 Å². The summed E-state index contributed by atoms with van der Waals surface area (Å²) in [6.45, 7) is 3.15. The van der Waals surface area contributed by atoms with Crippen molar-refractivity contribution in [2.24, 2.45) is 5.73 Å². The molecule has 2 aromatic carbocycles. The first kappa shape index (κ1) is 19.8. The van der Waals surface area contributed by atoms with Gasteiger partial charge in [0.2, 0.25) is 0 Å². The van der Waals surface area contributed by atoms with Crippen LogP contribution in [-0.2, 0) is 0 Å². The molecule has 30 heavy (non-hydrogen) atoms. The number of nitrogens with zero attached hydrogens (tertiary/aromatic N) is 3. The third-order valence-electron chi connectivity index (χ3n) is 4.82. The van der Waals surface area contributed by atoms with Gasteiger partial charge >= 0.3 is 0 Å². The predicted molar refractivity (Wildman–Crippen MR) is 116 cm³/mol. The molecular formula is C23H24FN5O. The number of nitrogens with two attached hydrogens (primary N) is 1. The van der Waals surface area contributed by atoms with E-state index in [4.69, 9.17) is 15.6 Å². The molecule has 0 bridgehead atoms. The molecule has 0 saturated heterocycles. The summed E-state index contributed by atoms with van der Waals surface area (Å²) < 4.78 is 21.1. The largest absolute Gasteiger partial charge is 0.494 e. The monoisotopic (exact) mass is 405 g/mol. The van der Waals surface area contributed by atoms with Crippen molar-refractivity contribution in [1.29, 1.82) is 0 Å². The summed E-state index contributed by atoms with van der Waals surface area (Å²) in [4.78, 5) is 4.46. The van der Waals surface area contributed by atoms with Crippen LogP contribution in [0.4, 0.5) is 10.2 Å². The van der Waals surface area contributed by atoms with Gasteiger partial charge in [0.25, 0.3) is 0 Å². The molecule has 1 atom stereocenters. The van der Waals surface area contributed by atoms with Crippen LogP contribution in [0.2, 0.25) is 0 Å². The number of hydrogen-bond donors (Lipinski definition) is 2. The average Bonchev–Trinajstić information content (AvgIpc) is 3.17. The number of imidazole rings is 1. The van der Waals surface area contributed by atoms with Crippen molar-refractivity contribution in [3.8, 4) is 17.0 Å². The van der Waals surface area contributed by atoms with E-state index in [-0.39, 0.29) is 11.9 Å². The Morgan fingerprint density at radius 3 is 2.83 bits per heavy atom. The van der Waals surface area contributed by atoms with Gasteiger partial charge < -0.3 is 15.8 Å². The number of nitrogens with one attached hydrogen (secondary N) is 1. The van der Waals surface area contributed by atoms with Gasteiger partial charge in [0.1, 0.15) is 17.4 Å². The van der Waals surface area contributed by atoms with Crippen LogP contribution in [0.15, 0.2) is 66.9 Å². The fourth-order valence-electron chi connectivity index (χ4n) is 3.25. The van der Waals surface area contributed by atoms with E-state index in [9.17, 15) is 4.39 Å². The molecule has 0 aliphatic carbocycles. The molecular weight excluding hydrogens is 381 g/mol. The average molecular weight is 405 g/mol. The Balaban J connectivity index is 1.59. The molecule has 0 amide bonds. The first-order valence-corrected chi connectivity index (χ1v) is 9.94. The Hall–Kier alpha value is -3.45. The molecule has 2 aromatic heterocycles. The molecule has 0 radical (unpaired) electrons. The van der Waals surface area contributed by atoms with Crippen LogP contribution >= 0.6 is 0 Å². The van der Waals surface area contributed by atoms with Crippen LogP contribution in [0, 0.1) is 5.82 Å². The SMILES string of the molecule is C[C@@H](Nc1ccc2ncc(-c3cccc(OCCCN)c3)n2n1)c1cccc(F)c1. The normalized spacial score (nSPS) is 12.1. The van der Waals surface area contributed by atoms with E-state index in [1.165, 1.54) is 12.1 Å². The quantitative estimate of drug-likeness (QED) is 0.424.